The summed E-state index contributed by atoms with van der Waals surface area (Å²) in [5.41, 5.74) is 2.83. The Morgan fingerprint density at radius 3 is 2.53 bits per heavy atom. The molecule has 3 rings (SSSR count). The fourth-order valence-electron chi connectivity index (χ4n) is 4.04. The molecule has 0 bridgehead atoms. The maximum atomic E-state index is 12.7. The highest BCUT2D eigenvalue weighted by molar-refractivity contribution is 7.88. The predicted molar refractivity (Wildman–Crippen MR) is 130 cm³/mol. The van der Waals surface area contributed by atoms with Crippen LogP contribution in [0.5, 0.6) is 0 Å². The minimum absolute atomic E-state index is 0.0449. The summed E-state index contributed by atoms with van der Waals surface area (Å²) in [7, 11) is -3.59. The Labute approximate surface area is 196 Å². The Kier molecular flexibility index (Phi) is 8.20. The molecule has 0 aromatic heterocycles. The number of piperidine rings is 1. The second kappa shape index (κ2) is 10.7. The molecule has 0 unspecified atom stereocenters. The Balaban J connectivity index is 1.61. The Bertz CT molecular complexity index is 1030. The zero-order valence-electron chi connectivity index (χ0n) is 18.9. The van der Waals surface area contributed by atoms with Crippen LogP contribution in [0.4, 0.5) is 5.69 Å². The van der Waals surface area contributed by atoms with E-state index in [-0.39, 0.29) is 25.0 Å². The third-order valence-electron chi connectivity index (χ3n) is 5.89. The van der Waals surface area contributed by atoms with Gasteiger partial charge in [0.25, 0.3) is 0 Å². The highest BCUT2D eigenvalue weighted by Gasteiger charge is 2.23. The molecule has 1 aliphatic rings. The van der Waals surface area contributed by atoms with Crippen molar-refractivity contribution in [3.63, 3.8) is 0 Å². The third kappa shape index (κ3) is 6.70. The Hall–Kier alpha value is -2.09. The van der Waals surface area contributed by atoms with E-state index in [1.165, 1.54) is 18.5 Å². The van der Waals surface area contributed by atoms with Gasteiger partial charge in [0.15, 0.2) is 0 Å². The molecule has 0 saturated carbocycles. The highest BCUT2D eigenvalue weighted by Crippen LogP contribution is 2.25. The summed E-state index contributed by atoms with van der Waals surface area (Å²) < 4.78 is 25.6. The molecule has 1 heterocycles. The smallest absolute Gasteiger partial charge is 0.235 e. The van der Waals surface area contributed by atoms with Crippen molar-refractivity contribution in [2.45, 2.75) is 39.3 Å². The molecule has 2 aromatic carbocycles. The van der Waals surface area contributed by atoms with Crippen LogP contribution in [0.15, 0.2) is 48.5 Å². The largest absolute Gasteiger partial charge is 0.371 e. The van der Waals surface area contributed by atoms with E-state index >= 15 is 0 Å². The molecule has 0 spiro atoms. The molecular formula is C24H32ClN3O3S. The van der Waals surface area contributed by atoms with E-state index in [1.54, 1.807) is 24.3 Å². The number of hydrogen-bond acceptors (Lipinski definition) is 4. The van der Waals surface area contributed by atoms with E-state index in [0.29, 0.717) is 16.5 Å². The average molecular weight is 478 g/mol. The van der Waals surface area contributed by atoms with Gasteiger partial charge in [-0.1, -0.05) is 48.9 Å². The van der Waals surface area contributed by atoms with Crippen LogP contribution >= 0.6 is 11.6 Å². The number of rotatable bonds is 8. The van der Waals surface area contributed by atoms with E-state index in [4.69, 9.17) is 11.6 Å². The van der Waals surface area contributed by atoms with E-state index in [1.807, 2.05) is 19.1 Å². The Morgan fingerprint density at radius 2 is 1.91 bits per heavy atom. The molecule has 0 aliphatic carbocycles. The molecule has 2 atom stereocenters. The van der Waals surface area contributed by atoms with Gasteiger partial charge in [0, 0.05) is 30.3 Å². The summed E-state index contributed by atoms with van der Waals surface area (Å²) >= 11 is 6.17. The first kappa shape index (κ1) is 24.6. The number of nitrogens with one attached hydrogen (secondary N) is 1. The summed E-state index contributed by atoms with van der Waals surface area (Å²) in [6.07, 6.45) is 3.58. The number of nitrogens with zero attached hydrogens (tertiary/aromatic N) is 2. The molecule has 0 radical (unpaired) electrons. The van der Waals surface area contributed by atoms with Crippen molar-refractivity contribution in [3.05, 3.63) is 64.7 Å². The third-order valence-corrected chi connectivity index (χ3v) is 7.45. The van der Waals surface area contributed by atoms with Gasteiger partial charge in [0.2, 0.25) is 15.9 Å². The van der Waals surface area contributed by atoms with Crippen LogP contribution in [0.25, 0.3) is 0 Å². The zero-order chi connectivity index (χ0) is 23.3. The van der Waals surface area contributed by atoms with Crippen molar-refractivity contribution in [1.29, 1.82) is 0 Å². The lowest BCUT2D eigenvalue weighted by atomic mass is 9.99. The second-order valence-electron chi connectivity index (χ2n) is 8.70. The molecule has 6 nitrogen and oxygen atoms in total. The van der Waals surface area contributed by atoms with Crippen molar-refractivity contribution < 1.29 is 13.2 Å². The first-order valence-corrected chi connectivity index (χ1v) is 13.2. The number of benzene rings is 2. The first-order valence-electron chi connectivity index (χ1n) is 11.0. The lowest BCUT2D eigenvalue weighted by Gasteiger charge is -2.33. The first-order chi connectivity index (χ1) is 15.1. The molecule has 174 valence electrons. The minimum Gasteiger partial charge on any atom is -0.371 e. The topological polar surface area (TPSA) is 69.7 Å². The average Bonchev–Trinajstić information content (AvgIpc) is 2.74. The quantitative estimate of drug-likeness (QED) is 0.618. The minimum atomic E-state index is -3.59. The zero-order valence-corrected chi connectivity index (χ0v) is 20.5. The monoisotopic (exact) mass is 477 g/mol. The highest BCUT2D eigenvalue weighted by atomic mass is 35.5. The summed E-state index contributed by atoms with van der Waals surface area (Å²) in [6, 6.07) is 15.0. The van der Waals surface area contributed by atoms with Gasteiger partial charge in [-0.2, -0.15) is 4.31 Å². The van der Waals surface area contributed by atoms with Gasteiger partial charge >= 0.3 is 0 Å². The molecule has 32 heavy (non-hydrogen) atoms. The summed E-state index contributed by atoms with van der Waals surface area (Å²) in [5.74, 6) is 0.342. The molecule has 2 aromatic rings. The van der Waals surface area contributed by atoms with Crippen molar-refractivity contribution in [2.24, 2.45) is 5.92 Å². The molecular weight excluding hydrogens is 446 g/mol. The molecule has 1 amide bonds. The van der Waals surface area contributed by atoms with E-state index in [2.05, 4.69) is 29.3 Å². The summed E-state index contributed by atoms with van der Waals surface area (Å²) in [6.45, 7) is 6.10. The van der Waals surface area contributed by atoms with Crippen molar-refractivity contribution in [1.82, 2.24) is 9.62 Å². The van der Waals surface area contributed by atoms with Crippen molar-refractivity contribution in [3.8, 4) is 0 Å². The van der Waals surface area contributed by atoms with E-state index in [9.17, 15) is 13.2 Å². The number of hydrogen-bond donors (Lipinski definition) is 1. The maximum absolute atomic E-state index is 12.7. The van der Waals surface area contributed by atoms with Crippen LogP contribution in [-0.4, -0.2) is 44.5 Å². The van der Waals surface area contributed by atoms with E-state index < -0.39 is 10.0 Å². The van der Waals surface area contributed by atoms with Gasteiger partial charge in [-0.15, -0.1) is 0 Å². The van der Waals surface area contributed by atoms with Gasteiger partial charge < -0.3 is 10.2 Å². The van der Waals surface area contributed by atoms with Crippen molar-refractivity contribution >= 4 is 33.2 Å². The van der Waals surface area contributed by atoms with Crippen LogP contribution in [0.1, 0.15) is 43.9 Å². The van der Waals surface area contributed by atoms with Crippen LogP contribution < -0.4 is 10.2 Å². The van der Waals surface area contributed by atoms with Crippen LogP contribution in [0, 0.1) is 5.92 Å². The number of carbonyl (C=O) groups excluding carboxylic acids is 1. The van der Waals surface area contributed by atoms with Crippen LogP contribution in [0.2, 0.25) is 5.02 Å². The number of amides is 1. The number of sulfonamides is 1. The number of halogens is 1. The van der Waals surface area contributed by atoms with Crippen LogP contribution in [0.3, 0.4) is 0 Å². The van der Waals surface area contributed by atoms with Gasteiger partial charge in [-0.05, 0) is 55.0 Å². The van der Waals surface area contributed by atoms with Gasteiger partial charge in [-0.25, -0.2) is 8.42 Å². The van der Waals surface area contributed by atoms with Crippen molar-refractivity contribution in [2.75, 3.05) is 30.8 Å². The molecule has 8 heteroatoms. The van der Waals surface area contributed by atoms with Crippen LogP contribution in [-0.2, 0) is 21.4 Å². The van der Waals surface area contributed by atoms with Gasteiger partial charge in [0.05, 0.1) is 18.8 Å². The molecule has 1 N–H and O–H groups in total. The molecule has 1 saturated heterocycles. The normalized spacial score (nSPS) is 17.9. The van der Waals surface area contributed by atoms with Gasteiger partial charge in [-0.3, -0.25) is 4.79 Å². The maximum Gasteiger partial charge on any atom is 0.235 e. The summed E-state index contributed by atoms with van der Waals surface area (Å²) in [5, 5.41) is 3.38. The van der Waals surface area contributed by atoms with E-state index in [0.717, 1.165) is 29.2 Å². The standard InChI is InChI=1S/C24H32ClN3O3S/c1-18-7-6-14-27(15-18)22-12-10-20(11-13-22)19(2)26-24(29)17-28(32(3,30)31)16-21-8-4-5-9-23(21)25/h4-5,8-13,18-19H,6-7,14-17H2,1-3H3,(H,26,29)/t18-,19+/m0/s1. The predicted octanol–water partition coefficient (Wildman–Crippen LogP) is 4.22. The lowest BCUT2D eigenvalue weighted by Crippen LogP contribution is -2.40. The number of anilines is 1. The SMILES string of the molecule is C[C@H]1CCCN(c2ccc([C@@H](C)NC(=O)CN(Cc3ccccc3Cl)S(C)(=O)=O)cc2)C1. The fourth-order valence-corrected chi connectivity index (χ4v) is 4.96. The van der Waals surface area contributed by atoms with Gasteiger partial charge in [0.1, 0.15) is 0 Å². The second-order valence-corrected chi connectivity index (χ2v) is 11.1. The molecule has 1 fully saturated rings. The fraction of sp³-hybridized carbons (Fsp3) is 0.458. The number of carbonyl (C=O) groups is 1. The lowest BCUT2D eigenvalue weighted by molar-refractivity contribution is -0.122. The molecule has 1 aliphatic heterocycles. The Morgan fingerprint density at radius 1 is 1.22 bits per heavy atom. The summed E-state index contributed by atoms with van der Waals surface area (Å²) in [4.78, 5) is 15.1.